The molecule has 0 amide bonds. The van der Waals surface area contributed by atoms with Gasteiger partial charge >= 0.3 is 0 Å². The zero-order valence-corrected chi connectivity index (χ0v) is 7.93. The molecule has 80 valence electrons. The number of aliphatic hydroxyl groups excluding tert-OH is 2. The van der Waals surface area contributed by atoms with E-state index in [4.69, 9.17) is 10.2 Å². The van der Waals surface area contributed by atoms with Crippen molar-refractivity contribution in [2.75, 3.05) is 13.2 Å². The molecule has 0 saturated carbocycles. The van der Waals surface area contributed by atoms with Crippen LogP contribution in [0.25, 0.3) is 0 Å². The number of aliphatic hydroxyl groups is 2. The first-order valence-corrected chi connectivity index (χ1v) is 4.29. The van der Waals surface area contributed by atoms with Crippen molar-refractivity contribution in [1.29, 1.82) is 0 Å². The number of nitrogens with one attached hydrogen (secondary N) is 1. The van der Waals surface area contributed by atoms with Crippen molar-refractivity contribution < 1.29 is 19.0 Å². The fourth-order valence-corrected chi connectivity index (χ4v) is 1.01. The summed E-state index contributed by atoms with van der Waals surface area (Å²) in [4.78, 5) is 0. The Balaban J connectivity index is 4.24. The molecule has 0 bridgehead atoms. The van der Waals surface area contributed by atoms with E-state index in [1.165, 1.54) is 6.92 Å². The smallest absolute Gasteiger partial charge is 0.253 e. The van der Waals surface area contributed by atoms with Gasteiger partial charge in [-0.1, -0.05) is 6.92 Å². The van der Waals surface area contributed by atoms with Gasteiger partial charge in [0.15, 0.2) is 0 Å². The van der Waals surface area contributed by atoms with Gasteiger partial charge in [-0.3, -0.25) is 5.32 Å². The van der Waals surface area contributed by atoms with Crippen molar-refractivity contribution in [2.45, 2.75) is 38.3 Å². The molecule has 1 unspecified atom stereocenters. The maximum absolute atomic E-state index is 12.1. The Morgan fingerprint density at radius 3 is 2.00 bits per heavy atom. The molecule has 0 aliphatic heterocycles. The number of rotatable bonds is 6. The van der Waals surface area contributed by atoms with Gasteiger partial charge in [-0.05, 0) is 13.3 Å². The van der Waals surface area contributed by atoms with Gasteiger partial charge in [0.1, 0.15) is 0 Å². The molecule has 0 fully saturated rings. The number of halogens is 2. The Morgan fingerprint density at radius 2 is 1.77 bits per heavy atom. The molecule has 1 atom stereocenters. The predicted octanol–water partition coefficient (Wildman–Crippen LogP) is 0.363. The highest BCUT2D eigenvalue weighted by atomic mass is 19.3. The topological polar surface area (TPSA) is 52.5 Å². The lowest BCUT2D eigenvalue weighted by Gasteiger charge is -2.32. The Bertz CT molecular complexity index is 132. The van der Waals surface area contributed by atoms with Gasteiger partial charge < -0.3 is 10.2 Å². The fourth-order valence-electron chi connectivity index (χ4n) is 1.01. The molecule has 5 heteroatoms. The van der Waals surface area contributed by atoms with Crippen LogP contribution in [0.5, 0.6) is 0 Å². The van der Waals surface area contributed by atoms with Crippen LogP contribution in [0.15, 0.2) is 0 Å². The Kier molecular flexibility index (Phi) is 5.36. The lowest BCUT2D eigenvalue weighted by Crippen LogP contribution is -2.56. The summed E-state index contributed by atoms with van der Waals surface area (Å²) < 4.78 is 24.3. The molecule has 0 aliphatic rings. The molecular weight excluding hydrogens is 180 g/mol. The lowest BCUT2D eigenvalue weighted by molar-refractivity contribution is 0.0379. The maximum atomic E-state index is 12.1. The van der Waals surface area contributed by atoms with Crippen LogP contribution in [0.1, 0.15) is 20.3 Å². The van der Waals surface area contributed by atoms with E-state index < -0.39 is 18.0 Å². The summed E-state index contributed by atoms with van der Waals surface area (Å²) in [6.45, 7) is 2.34. The fraction of sp³-hybridized carbons (Fsp3) is 1.00. The van der Waals surface area contributed by atoms with Gasteiger partial charge in [-0.25, -0.2) is 8.78 Å². The van der Waals surface area contributed by atoms with Crippen molar-refractivity contribution >= 4 is 0 Å². The van der Waals surface area contributed by atoms with Crippen molar-refractivity contribution in [1.82, 2.24) is 5.32 Å². The molecule has 0 aliphatic carbocycles. The zero-order valence-electron chi connectivity index (χ0n) is 7.93. The van der Waals surface area contributed by atoms with Crippen molar-refractivity contribution in [3.8, 4) is 0 Å². The van der Waals surface area contributed by atoms with Crippen LogP contribution in [0.2, 0.25) is 0 Å². The highest BCUT2D eigenvalue weighted by Crippen LogP contribution is 2.12. The monoisotopic (exact) mass is 197 g/mol. The van der Waals surface area contributed by atoms with E-state index in [1.54, 1.807) is 6.92 Å². The first-order valence-electron chi connectivity index (χ1n) is 4.29. The molecule has 13 heavy (non-hydrogen) atoms. The quantitative estimate of drug-likeness (QED) is 0.576. The lowest BCUT2D eigenvalue weighted by atomic mass is 9.97. The first kappa shape index (κ1) is 12.7. The largest absolute Gasteiger partial charge is 0.394 e. The number of hydrogen-bond acceptors (Lipinski definition) is 3. The van der Waals surface area contributed by atoms with E-state index in [9.17, 15) is 8.78 Å². The van der Waals surface area contributed by atoms with Gasteiger partial charge in [-0.15, -0.1) is 0 Å². The minimum Gasteiger partial charge on any atom is -0.394 e. The molecule has 3 nitrogen and oxygen atoms in total. The maximum Gasteiger partial charge on any atom is 0.253 e. The minimum atomic E-state index is -2.50. The second-order valence-corrected chi connectivity index (χ2v) is 3.22. The highest BCUT2D eigenvalue weighted by molar-refractivity contribution is 4.88. The van der Waals surface area contributed by atoms with Crippen LogP contribution < -0.4 is 5.32 Å². The summed E-state index contributed by atoms with van der Waals surface area (Å²) in [7, 11) is 0. The summed E-state index contributed by atoms with van der Waals surface area (Å²) in [6, 6.07) is -1.03. The van der Waals surface area contributed by atoms with E-state index in [-0.39, 0.29) is 13.2 Å². The van der Waals surface area contributed by atoms with E-state index in [0.29, 0.717) is 6.42 Å². The molecule has 0 aromatic rings. The van der Waals surface area contributed by atoms with Crippen LogP contribution >= 0.6 is 0 Å². The van der Waals surface area contributed by atoms with Gasteiger partial charge in [0.05, 0.1) is 24.8 Å². The molecular formula is C8H17F2NO2. The second-order valence-electron chi connectivity index (χ2n) is 3.22. The van der Waals surface area contributed by atoms with E-state index in [1.807, 2.05) is 0 Å². The summed E-state index contributed by atoms with van der Waals surface area (Å²) in [5.74, 6) is 0. The highest BCUT2D eigenvalue weighted by Gasteiger charge is 2.30. The van der Waals surface area contributed by atoms with Gasteiger partial charge in [-0.2, -0.15) is 0 Å². The van der Waals surface area contributed by atoms with E-state index in [0.717, 1.165) is 0 Å². The number of hydrogen-bond donors (Lipinski definition) is 3. The van der Waals surface area contributed by atoms with Crippen molar-refractivity contribution in [3.63, 3.8) is 0 Å². The SMILES string of the molecule is CCC(CO)(CO)NC(C)C(F)F. The van der Waals surface area contributed by atoms with Crippen molar-refractivity contribution in [2.24, 2.45) is 0 Å². The first-order chi connectivity index (χ1) is 6.01. The molecule has 0 saturated heterocycles. The average molecular weight is 197 g/mol. The normalized spacial score (nSPS) is 15.0. The third-order valence-corrected chi connectivity index (χ3v) is 2.19. The molecule has 0 heterocycles. The van der Waals surface area contributed by atoms with Crippen LogP contribution in [0, 0.1) is 0 Å². The standard InChI is InChI=1S/C8H17F2NO2/c1-3-8(4-12,5-13)11-6(2)7(9)10/h6-7,11-13H,3-5H2,1-2H3. The van der Waals surface area contributed by atoms with Crippen molar-refractivity contribution in [3.05, 3.63) is 0 Å². The second kappa shape index (κ2) is 5.47. The third kappa shape index (κ3) is 3.54. The van der Waals surface area contributed by atoms with Gasteiger partial charge in [0.2, 0.25) is 0 Å². The van der Waals surface area contributed by atoms with E-state index in [2.05, 4.69) is 5.32 Å². The van der Waals surface area contributed by atoms with Crippen LogP contribution in [0.3, 0.4) is 0 Å². The molecule has 0 rings (SSSR count). The molecule has 3 N–H and O–H groups in total. The third-order valence-electron chi connectivity index (χ3n) is 2.19. The minimum absolute atomic E-state index is 0.350. The Morgan fingerprint density at radius 1 is 1.31 bits per heavy atom. The van der Waals surface area contributed by atoms with E-state index >= 15 is 0 Å². The molecule has 0 radical (unpaired) electrons. The molecule has 0 spiro atoms. The predicted molar refractivity (Wildman–Crippen MR) is 45.8 cm³/mol. The average Bonchev–Trinajstić information content (AvgIpc) is 2.14. The Hall–Kier alpha value is -0.260. The van der Waals surface area contributed by atoms with Crippen LogP contribution in [-0.2, 0) is 0 Å². The van der Waals surface area contributed by atoms with Gasteiger partial charge in [0, 0.05) is 0 Å². The Labute approximate surface area is 76.8 Å². The van der Waals surface area contributed by atoms with Crippen LogP contribution in [0.4, 0.5) is 8.78 Å². The zero-order chi connectivity index (χ0) is 10.5. The summed E-state index contributed by atoms with van der Waals surface area (Å²) >= 11 is 0. The van der Waals surface area contributed by atoms with Crippen LogP contribution in [-0.4, -0.2) is 41.4 Å². The molecule has 0 aromatic carbocycles. The van der Waals surface area contributed by atoms with Gasteiger partial charge in [0.25, 0.3) is 6.43 Å². The summed E-state index contributed by atoms with van der Waals surface area (Å²) in [5.41, 5.74) is -0.990. The summed E-state index contributed by atoms with van der Waals surface area (Å²) in [6.07, 6.45) is -2.10. The number of alkyl halides is 2. The summed E-state index contributed by atoms with van der Waals surface area (Å²) in [5, 5.41) is 20.4. The molecule has 0 aromatic heterocycles.